The number of carbonyl (C=O) groups excluding carboxylic acids is 1. The lowest BCUT2D eigenvalue weighted by Crippen LogP contribution is -2.20. The maximum absolute atomic E-state index is 12.0. The fourth-order valence-corrected chi connectivity index (χ4v) is 4.06. The van der Waals surface area contributed by atoms with Crippen molar-refractivity contribution in [2.45, 2.75) is 64.3 Å². The average molecular weight is 310 g/mol. The van der Waals surface area contributed by atoms with Crippen molar-refractivity contribution in [2.75, 3.05) is 18.2 Å². The van der Waals surface area contributed by atoms with Crippen LogP contribution in [0.5, 0.6) is 5.75 Å². The minimum atomic E-state index is 0.0847. The molecule has 5 heteroatoms. The highest BCUT2D eigenvalue weighted by atomic mass is 32.1. The van der Waals surface area contributed by atoms with E-state index < -0.39 is 0 Å². The molecule has 0 aromatic carbocycles. The molecule has 1 saturated carbocycles. The first-order valence-electron chi connectivity index (χ1n) is 7.93. The Bertz CT molecular complexity index is 477. The van der Waals surface area contributed by atoms with Gasteiger partial charge in [-0.25, -0.2) is 0 Å². The number of hydrogen-bond donors (Lipinski definition) is 2. The highest BCUT2D eigenvalue weighted by Crippen LogP contribution is 2.43. The predicted octanol–water partition coefficient (Wildman–Crippen LogP) is 4.46. The van der Waals surface area contributed by atoms with Gasteiger partial charge >= 0.3 is 0 Å². The summed E-state index contributed by atoms with van der Waals surface area (Å²) in [6, 6.07) is 0.460. The van der Waals surface area contributed by atoms with Gasteiger partial charge in [0.1, 0.15) is 5.00 Å². The van der Waals surface area contributed by atoms with Gasteiger partial charge in [0.15, 0.2) is 11.5 Å². The normalized spacial score (nSPS) is 17.0. The molecular weight excluding hydrogens is 284 g/mol. The summed E-state index contributed by atoms with van der Waals surface area (Å²) in [5, 5.41) is 4.48. The molecule has 0 saturated heterocycles. The lowest BCUT2D eigenvalue weighted by molar-refractivity contribution is 0.0992. The molecule has 4 nitrogen and oxygen atoms in total. The molecule has 3 N–H and O–H groups in total. The van der Waals surface area contributed by atoms with Crippen molar-refractivity contribution in [3.63, 3.8) is 0 Å². The van der Waals surface area contributed by atoms with E-state index in [1.807, 2.05) is 6.92 Å². The van der Waals surface area contributed by atoms with Crippen molar-refractivity contribution in [1.29, 1.82) is 0 Å². The number of methoxy groups -OCH3 is 1. The summed E-state index contributed by atoms with van der Waals surface area (Å²) in [6.07, 6.45) is 9.36. The first-order chi connectivity index (χ1) is 10.2. The van der Waals surface area contributed by atoms with Gasteiger partial charge in [-0.2, -0.15) is 0 Å². The minimum absolute atomic E-state index is 0.0847. The second-order valence-electron chi connectivity index (χ2n) is 5.67. The summed E-state index contributed by atoms with van der Waals surface area (Å²) >= 11 is 1.44. The number of carbonyl (C=O) groups is 1. The van der Waals surface area contributed by atoms with Gasteiger partial charge in [-0.15, -0.1) is 11.3 Å². The average Bonchev–Trinajstić information content (AvgIpc) is 2.76. The summed E-state index contributed by atoms with van der Waals surface area (Å²) in [6.45, 7) is 1.86. The molecule has 0 bridgehead atoms. The summed E-state index contributed by atoms with van der Waals surface area (Å²) in [4.78, 5) is 12.6. The molecule has 2 rings (SSSR count). The standard InChI is InChI=1S/C16H26N2O2S/c1-3-12(19)15-13(17)14(20-2)16(21-15)18-11-9-7-5-4-6-8-10-11/h11,18H,3-10,17H2,1-2H3. The highest BCUT2D eigenvalue weighted by Gasteiger charge is 2.22. The molecule has 0 spiro atoms. The van der Waals surface area contributed by atoms with E-state index in [-0.39, 0.29) is 5.78 Å². The van der Waals surface area contributed by atoms with E-state index in [4.69, 9.17) is 10.5 Å². The molecule has 1 aromatic rings. The van der Waals surface area contributed by atoms with Gasteiger partial charge in [-0.3, -0.25) is 4.79 Å². The van der Waals surface area contributed by atoms with Gasteiger partial charge in [0.05, 0.1) is 17.7 Å². The molecule has 1 aliphatic carbocycles. The van der Waals surface area contributed by atoms with Gasteiger partial charge in [0.25, 0.3) is 0 Å². The van der Waals surface area contributed by atoms with Crippen molar-refractivity contribution in [2.24, 2.45) is 0 Å². The Balaban J connectivity index is 2.16. The quantitative estimate of drug-likeness (QED) is 0.788. The Morgan fingerprint density at radius 2 is 1.90 bits per heavy atom. The first kappa shape index (κ1) is 16.1. The monoisotopic (exact) mass is 310 g/mol. The third kappa shape index (κ3) is 3.90. The molecular formula is C16H26N2O2S. The van der Waals surface area contributed by atoms with Crippen LogP contribution < -0.4 is 15.8 Å². The van der Waals surface area contributed by atoms with Crippen LogP contribution in [0, 0.1) is 0 Å². The number of anilines is 2. The highest BCUT2D eigenvalue weighted by molar-refractivity contribution is 7.19. The van der Waals surface area contributed by atoms with E-state index in [1.54, 1.807) is 7.11 Å². The van der Waals surface area contributed by atoms with Gasteiger partial charge in [-0.1, -0.05) is 39.0 Å². The molecule has 1 aromatic heterocycles. The first-order valence-corrected chi connectivity index (χ1v) is 8.75. The van der Waals surface area contributed by atoms with Crippen molar-refractivity contribution in [3.05, 3.63) is 4.88 Å². The molecule has 0 aliphatic heterocycles. The second-order valence-corrected chi connectivity index (χ2v) is 6.69. The van der Waals surface area contributed by atoms with Crippen LogP contribution in [-0.4, -0.2) is 18.9 Å². The molecule has 0 unspecified atom stereocenters. The third-order valence-electron chi connectivity index (χ3n) is 4.12. The molecule has 1 heterocycles. The van der Waals surface area contributed by atoms with Crippen molar-refractivity contribution in [3.8, 4) is 5.75 Å². The molecule has 1 aliphatic rings. The van der Waals surface area contributed by atoms with Gasteiger partial charge in [0.2, 0.25) is 0 Å². The zero-order valence-corrected chi connectivity index (χ0v) is 13.9. The van der Waals surface area contributed by atoms with Crippen molar-refractivity contribution in [1.82, 2.24) is 0 Å². The van der Waals surface area contributed by atoms with E-state index in [1.165, 1.54) is 56.3 Å². The number of thiophene rings is 1. The fourth-order valence-electron chi connectivity index (χ4n) is 2.88. The number of ether oxygens (including phenoxy) is 1. The molecule has 0 radical (unpaired) electrons. The maximum atomic E-state index is 12.0. The molecule has 0 atom stereocenters. The number of rotatable bonds is 5. The lowest BCUT2D eigenvalue weighted by Gasteiger charge is -2.21. The third-order valence-corrected chi connectivity index (χ3v) is 5.28. The summed E-state index contributed by atoms with van der Waals surface area (Å²) in [5.41, 5.74) is 6.57. The lowest BCUT2D eigenvalue weighted by atomic mass is 9.97. The van der Waals surface area contributed by atoms with E-state index in [0.29, 0.717) is 28.8 Å². The van der Waals surface area contributed by atoms with Crippen LogP contribution in [0.25, 0.3) is 0 Å². The number of ketones is 1. The summed E-state index contributed by atoms with van der Waals surface area (Å²) in [5.74, 6) is 0.723. The van der Waals surface area contributed by atoms with Crippen LogP contribution in [-0.2, 0) is 0 Å². The molecule has 118 valence electrons. The van der Waals surface area contributed by atoms with E-state index in [2.05, 4.69) is 5.32 Å². The van der Waals surface area contributed by atoms with Gasteiger partial charge in [0, 0.05) is 12.5 Å². The molecule has 1 fully saturated rings. The van der Waals surface area contributed by atoms with Crippen molar-refractivity contribution < 1.29 is 9.53 Å². The largest absolute Gasteiger partial charge is 0.492 e. The van der Waals surface area contributed by atoms with Crippen LogP contribution in [0.3, 0.4) is 0 Å². The van der Waals surface area contributed by atoms with Crippen LogP contribution in [0.15, 0.2) is 0 Å². The van der Waals surface area contributed by atoms with Crippen molar-refractivity contribution >= 4 is 27.8 Å². The number of hydrogen-bond acceptors (Lipinski definition) is 5. The smallest absolute Gasteiger partial charge is 0.176 e. The fraction of sp³-hybridized carbons (Fsp3) is 0.688. The molecule has 0 amide bonds. The number of nitrogen functional groups attached to an aromatic ring is 1. The van der Waals surface area contributed by atoms with Crippen LogP contribution in [0.4, 0.5) is 10.7 Å². The van der Waals surface area contributed by atoms with Gasteiger partial charge < -0.3 is 15.8 Å². The Morgan fingerprint density at radius 1 is 1.29 bits per heavy atom. The molecule has 21 heavy (non-hydrogen) atoms. The number of Topliss-reactive ketones (excluding diaryl/α,β-unsaturated/α-hetero) is 1. The SMILES string of the molecule is CCC(=O)c1sc(NC2CCCCCCC2)c(OC)c1N. The zero-order valence-electron chi connectivity index (χ0n) is 13.0. The summed E-state index contributed by atoms with van der Waals surface area (Å²) < 4.78 is 5.42. The minimum Gasteiger partial charge on any atom is -0.492 e. The van der Waals surface area contributed by atoms with Gasteiger partial charge in [-0.05, 0) is 12.8 Å². The zero-order chi connectivity index (χ0) is 15.2. The van der Waals surface area contributed by atoms with Crippen LogP contribution >= 0.6 is 11.3 Å². The predicted molar refractivity (Wildman–Crippen MR) is 89.6 cm³/mol. The topological polar surface area (TPSA) is 64.3 Å². The van der Waals surface area contributed by atoms with E-state index in [9.17, 15) is 4.79 Å². The Labute approximate surface area is 131 Å². The second kappa shape index (κ2) is 7.69. The Hall–Kier alpha value is -1.23. The Kier molecular flexibility index (Phi) is 5.91. The van der Waals surface area contributed by atoms with E-state index in [0.717, 1.165) is 5.00 Å². The number of nitrogens with one attached hydrogen (secondary N) is 1. The maximum Gasteiger partial charge on any atom is 0.176 e. The Morgan fingerprint density at radius 3 is 2.48 bits per heavy atom. The van der Waals surface area contributed by atoms with E-state index >= 15 is 0 Å². The van der Waals surface area contributed by atoms with Crippen LogP contribution in [0.1, 0.15) is 68.0 Å². The summed E-state index contributed by atoms with van der Waals surface area (Å²) in [7, 11) is 1.61. The number of nitrogens with two attached hydrogens (primary N) is 1. The van der Waals surface area contributed by atoms with Crippen LogP contribution in [0.2, 0.25) is 0 Å².